The van der Waals surface area contributed by atoms with E-state index >= 15 is 0 Å². The molecule has 0 aromatic carbocycles. The molecule has 1 amide bonds. The minimum absolute atomic E-state index is 0.296. The molecule has 0 unspecified atom stereocenters. The lowest BCUT2D eigenvalue weighted by molar-refractivity contribution is 0.100. The Balaban J connectivity index is 1.84. The normalized spacial score (nSPS) is 17.4. The molecule has 3 heterocycles. The monoisotopic (exact) mass is 298 g/mol. The van der Waals surface area contributed by atoms with Crippen molar-refractivity contribution in [1.29, 1.82) is 0 Å². The molecule has 3 rings (SSSR count). The highest BCUT2D eigenvalue weighted by Crippen LogP contribution is 2.19. The van der Waals surface area contributed by atoms with E-state index in [2.05, 4.69) is 25.6 Å². The average Bonchev–Trinajstić information content (AvgIpc) is 3.01. The Hall–Kier alpha value is -2.54. The van der Waals surface area contributed by atoms with E-state index in [1.54, 1.807) is 18.6 Å². The van der Waals surface area contributed by atoms with E-state index in [-0.39, 0.29) is 0 Å². The van der Waals surface area contributed by atoms with Gasteiger partial charge < -0.3 is 16.4 Å². The van der Waals surface area contributed by atoms with Crippen LogP contribution in [-0.4, -0.2) is 40.0 Å². The lowest BCUT2D eigenvalue weighted by Gasteiger charge is -2.16. The van der Waals surface area contributed by atoms with Crippen molar-refractivity contribution in [1.82, 2.24) is 20.3 Å². The van der Waals surface area contributed by atoms with E-state index in [0.29, 0.717) is 18.0 Å². The van der Waals surface area contributed by atoms with Crippen LogP contribution < -0.4 is 16.4 Å². The van der Waals surface area contributed by atoms with Crippen molar-refractivity contribution in [2.75, 3.05) is 18.4 Å². The van der Waals surface area contributed by atoms with Gasteiger partial charge in [-0.25, -0.2) is 0 Å². The number of nitrogens with one attached hydrogen (secondary N) is 2. The summed E-state index contributed by atoms with van der Waals surface area (Å²) in [6.45, 7) is 1.85. The molecule has 1 fully saturated rings. The number of rotatable bonds is 5. The Morgan fingerprint density at radius 2 is 2.23 bits per heavy atom. The van der Waals surface area contributed by atoms with Crippen molar-refractivity contribution >= 4 is 11.6 Å². The first-order valence-electron chi connectivity index (χ1n) is 7.23. The maximum Gasteiger partial charge on any atom is 0.252 e. The van der Waals surface area contributed by atoms with Crippen molar-refractivity contribution < 1.29 is 4.79 Å². The second-order valence-electron chi connectivity index (χ2n) is 5.29. The minimum atomic E-state index is -0.480. The van der Waals surface area contributed by atoms with Gasteiger partial charge in [-0.05, 0) is 19.0 Å². The molecule has 22 heavy (non-hydrogen) atoms. The highest BCUT2D eigenvalue weighted by Gasteiger charge is 2.18. The largest absolute Gasteiger partial charge is 0.380 e. The maximum atomic E-state index is 11.6. The van der Waals surface area contributed by atoms with Gasteiger partial charge in [-0.15, -0.1) is 0 Å². The Morgan fingerprint density at radius 1 is 1.32 bits per heavy atom. The number of anilines is 1. The van der Waals surface area contributed by atoms with Gasteiger partial charge in [0.2, 0.25) is 0 Å². The van der Waals surface area contributed by atoms with Gasteiger partial charge in [0.05, 0.1) is 16.9 Å². The standard InChI is InChI=1S/C15H18N6O/c16-15(22)13-9-20-11(5-12-8-18-3-4-19-12)6-14(13)21-10-1-2-17-7-10/h3-4,6,8-10,17H,1-2,5,7H2,(H2,16,22)(H,20,21)/t10-/m0/s1. The first-order chi connectivity index (χ1) is 10.7. The van der Waals surface area contributed by atoms with Gasteiger partial charge in [0.25, 0.3) is 5.91 Å². The second-order valence-corrected chi connectivity index (χ2v) is 5.29. The fourth-order valence-electron chi connectivity index (χ4n) is 2.52. The quantitative estimate of drug-likeness (QED) is 0.735. The Kier molecular flexibility index (Phi) is 4.24. The van der Waals surface area contributed by atoms with E-state index in [1.807, 2.05) is 6.07 Å². The Bertz CT molecular complexity index is 654. The zero-order valence-corrected chi connectivity index (χ0v) is 12.1. The molecule has 2 aromatic rings. The van der Waals surface area contributed by atoms with Crippen LogP contribution in [0.5, 0.6) is 0 Å². The third-order valence-electron chi connectivity index (χ3n) is 3.62. The van der Waals surface area contributed by atoms with Gasteiger partial charge >= 0.3 is 0 Å². The summed E-state index contributed by atoms with van der Waals surface area (Å²) in [5.74, 6) is -0.480. The lowest BCUT2D eigenvalue weighted by Crippen LogP contribution is -2.25. The van der Waals surface area contributed by atoms with Crippen LogP contribution in [0.1, 0.15) is 28.2 Å². The number of pyridine rings is 1. The van der Waals surface area contributed by atoms with Crippen molar-refractivity contribution in [2.24, 2.45) is 5.73 Å². The van der Waals surface area contributed by atoms with E-state index in [4.69, 9.17) is 5.73 Å². The van der Waals surface area contributed by atoms with Gasteiger partial charge in [-0.2, -0.15) is 0 Å². The van der Waals surface area contributed by atoms with Gasteiger partial charge in [0.1, 0.15) is 0 Å². The fraction of sp³-hybridized carbons (Fsp3) is 0.333. The van der Waals surface area contributed by atoms with Crippen LogP contribution in [0, 0.1) is 0 Å². The van der Waals surface area contributed by atoms with Crippen LogP contribution in [-0.2, 0) is 6.42 Å². The number of hydrogen-bond donors (Lipinski definition) is 3. The summed E-state index contributed by atoms with van der Waals surface area (Å²) in [5, 5.41) is 6.66. The smallest absolute Gasteiger partial charge is 0.252 e. The summed E-state index contributed by atoms with van der Waals surface area (Å²) in [7, 11) is 0. The maximum absolute atomic E-state index is 11.6. The molecular weight excluding hydrogens is 280 g/mol. The zero-order chi connectivity index (χ0) is 15.4. The predicted molar refractivity (Wildman–Crippen MR) is 82.5 cm³/mol. The molecule has 0 aliphatic carbocycles. The SMILES string of the molecule is NC(=O)c1cnc(Cc2cnccn2)cc1N[C@H]1CCNC1. The van der Waals surface area contributed by atoms with Crippen LogP contribution in [0.3, 0.4) is 0 Å². The van der Waals surface area contributed by atoms with Crippen molar-refractivity contribution in [3.05, 3.63) is 47.8 Å². The zero-order valence-electron chi connectivity index (χ0n) is 12.1. The predicted octanol–water partition coefficient (Wildman–Crippen LogP) is 0.335. The summed E-state index contributed by atoms with van der Waals surface area (Å²) >= 11 is 0. The molecule has 7 nitrogen and oxygen atoms in total. The molecule has 7 heteroatoms. The molecule has 4 N–H and O–H groups in total. The van der Waals surface area contributed by atoms with Crippen LogP contribution in [0.4, 0.5) is 5.69 Å². The number of nitrogens with zero attached hydrogens (tertiary/aromatic N) is 3. The highest BCUT2D eigenvalue weighted by atomic mass is 16.1. The molecule has 114 valence electrons. The summed E-state index contributed by atoms with van der Waals surface area (Å²) in [6.07, 6.45) is 8.09. The highest BCUT2D eigenvalue weighted by molar-refractivity contribution is 5.98. The van der Waals surface area contributed by atoms with Gasteiger partial charge in [0, 0.05) is 49.5 Å². The molecule has 0 radical (unpaired) electrons. The number of amides is 1. The number of carbonyl (C=O) groups excluding carboxylic acids is 1. The minimum Gasteiger partial charge on any atom is -0.380 e. The van der Waals surface area contributed by atoms with E-state index in [0.717, 1.165) is 36.6 Å². The van der Waals surface area contributed by atoms with Crippen LogP contribution in [0.15, 0.2) is 30.9 Å². The van der Waals surface area contributed by atoms with Crippen LogP contribution >= 0.6 is 0 Å². The molecule has 0 spiro atoms. The van der Waals surface area contributed by atoms with Crippen molar-refractivity contribution in [2.45, 2.75) is 18.9 Å². The van der Waals surface area contributed by atoms with Gasteiger partial charge in [0.15, 0.2) is 0 Å². The number of hydrogen-bond acceptors (Lipinski definition) is 6. The van der Waals surface area contributed by atoms with E-state index in [9.17, 15) is 4.79 Å². The summed E-state index contributed by atoms with van der Waals surface area (Å²) in [6, 6.07) is 2.16. The van der Waals surface area contributed by atoms with Crippen molar-refractivity contribution in [3.63, 3.8) is 0 Å². The molecule has 1 aliphatic rings. The Labute approximate surface area is 128 Å². The number of nitrogens with two attached hydrogens (primary N) is 1. The first kappa shape index (κ1) is 14.4. The fourth-order valence-corrected chi connectivity index (χ4v) is 2.52. The molecule has 1 saturated heterocycles. The molecule has 0 saturated carbocycles. The third kappa shape index (κ3) is 3.37. The van der Waals surface area contributed by atoms with E-state index in [1.165, 1.54) is 6.20 Å². The van der Waals surface area contributed by atoms with E-state index < -0.39 is 5.91 Å². The molecule has 1 aliphatic heterocycles. The molecule has 2 aromatic heterocycles. The summed E-state index contributed by atoms with van der Waals surface area (Å²) in [4.78, 5) is 24.2. The topological polar surface area (TPSA) is 106 Å². The summed E-state index contributed by atoms with van der Waals surface area (Å²) in [5.41, 5.74) is 8.23. The average molecular weight is 298 g/mol. The Morgan fingerprint density at radius 3 is 2.91 bits per heavy atom. The van der Waals surface area contributed by atoms with Crippen LogP contribution in [0.2, 0.25) is 0 Å². The third-order valence-corrected chi connectivity index (χ3v) is 3.62. The molecule has 1 atom stereocenters. The van der Waals surface area contributed by atoms with Crippen LogP contribution in [0.25, 0.3) is 0 Å². The summed E-state index contributed by atoms with van der Waals surface area (Å²) < 4.78 is 0. The van der Waals surface area contributed by atoms with Crippen molar-refractivity contribution in [3.8, 4) is 0 Å². The number of carbonyl (C=O) groups is 1. The molecular formula is C15H18N6O. The second kappa shape index (κ2) is 6.48. The molecule has 0 bridgehead atoms. The number of aromatic nitrogens is 3. The first-order valence-corrected chi connectivity index (χ1v) is 7.23. The van der Waals surface area contributed by atoms with Gasteiger partial charge in [-0.3, -0.25) is 19.7 Å². The lowest BCUT2D eigenvalue weighted by atomic mass is 10.1. The number of primary amides is 1. The van der Waals surface area contributed by atoms with Gasteiger partial charge in [-0.1, -0.05) is 0 Å².